The van der Waals surface area contributed by atoms with Crippen molar-refractivity contribution in [3.05, 3.63) is 24.0 Å². The highest BCUT2D eigenvalue weighted by atomic mass is 16.4. The van der Waals surface area contributed by atoms with Gasteiger partial charge >= 0.3 is 5.97 Å². The zero-order valence-corrected chi connectivity index (χ0v) is 9.23. The molecular weight excluding hydrogens is 192 g/mol. The second kappa shape index (κ2) is 5.56. The summed E-state index contributed by atoms with van der Waals surface area (Å²) in [5, 5.41) is 8.92. The maximum absolute atomic E-state index is 10.8. The van der Waals surface area contributed by atoms with Crippen LogP contribution in [0.2, 0.25) is 0 Å². The van der Waals surface area contributed by atoms with E-state index in [0.717, 1.165) is 6.54 Å². The number of nitrogens with one attached hydrogen (secondary N) is 1. The van der Waals surface area contributed by atoms with E-state index in [4.69, 9.17) is 5.11 Å². The summed E-state index contributed by atoms with van der Waals surface area (Å²) in [4.78, 5) is 15.9. The minimum atomic E-state index is -0.710. The topological polar surface area (TPSA) is 56.3 Å². The maximum atomic E-state index is 10.8. The number of aromatic amines is 1. The Hall–Kier alpha value is -1.29. The van der Waals surface area contributed by atoms with Crippen LogP contribution in [0.4, 0.5) is 0 Å². The van der Waals surface area contributed by atoms with Gasteiger partial charge in [-0.15, -0.1) is 0 Å². The van der Waals surface area contributed by atoms with Crippen LogP contribution >= 0.6 is 0 Å². The third-order valence-corrected chi connectivity index (χ3v) is 2.49. The Labute approximate surface area is 89.9 Å². The zero-order valence-electron chi connectivity index (χ0n) is 9.23. The Morgan fingerprint density at radius 2 is 2.40 bits per heavy atom. The summed E-state index contributed by atoms with van der Waals surface area (Å²) in [5.74, 6) is -0.979. The second-order valence-electron chi connectivity index (χ2n) is 3.86. The Balaban J connectivity index is 2.41. The van der Waals surface area contributed by atoms with Gasteiger partial charge in [0.2, 0.25) is 0 Å². The van der Waals surface area contributed by atoms with Gasteiger partial charge in [0.05, 0.1) is 5.92 Å². The molecule has 1 unspecified atom stereocenters. The molecule has 4 nitrogen and oxygen atoms in total. The molecular formula is C11H18N2O2. The first kappa shape index (κ1) is 11.8. The van der Waals surface area contributed by atoms with Gasteiger partial charge < -0.3 is 15.0 Å². The minimum Gasteiger partial charge on any atom is -0.481 e. The van der Waals surface area contributed by atoms with E-state index in [1.54, 1.807) is 0 Å². The predicted molar refractivity (Wildman–Crippen MR) is 58.5 cm³/mol. The van der Waals surface area contributed by atoms with Crippen molar-refractivity contribution in [2.24, 2.45) is 5.92 Å². The molecule has 1 aromatic heterocycles. The Morgan fingerprint density at radius 3 is 2.87 bits per heavy atom. The van der Waals surface area contributed by atoms with Crippen LogP contribution in [0.25, 0.3) is 0 Å². The fraction of sp³-hybridized carbons (Fsp3) is 0.545. The standard InChI is InChI=1S/C11H18N2O2/c1-3-10(11(14)15)8-13(2)7-9-4-5-12-6-9/h4-6,10,12H,3,7-8H2,1-2H3,(H,14,15). The molecule has 0 saturated carbocycles. The van der Waals surface area contributed by atoms with Crippen LogP contribution in [0.15, 0.2) is 18.5 Å². The number of hydrogen-bond acceptors (Lipinski definition) is 2. The first-order chi connectivity index (χ1) is 7.13. The summed E-state index contributed by atoms with van der Waals surface area (Å²) in [5.41, 5.74) is 1.18. The molecule has 1 rings (SSSR count). The van der Waals surface area contributed by atoms with E-state index in [9.17, 15) is 4.79 Å². The highest BCUT2D eigenvalue weighted by Gasteiger charge is 2.17. The molecule has 1 atom stereocenters. The Bertz CT molecular complexity index is 296. The lowest BCUT2D eigenvalue weighted by atomic mass is 10.1. The van der Waals surface area contributed by atoms with E-state index in [1.807, 2.05) is 37.3 Å². The molecule has 2 N–H and O–H groups in total. The number of rotatable bonds is 6. The number of hydrogen-bond donors (Lipinski definition) is 2. The third kappa shape index (κ3) is 3.75. The van der Waals surface area contributed by atoms with Gasteiger partial charge in [0, 0.05) is 25.5 Å². The van der Waals surface area contributed by atoms with Crippen molar-refractivity contribution in [3.8, 4) is 0 Å². The molecule has 0 fully saturated rings. The quantitative estimate of drug-likeness (QED) is 0.749. The lowest BCUT2D eigenvalue weighted by molar-refractivity contribution is -0.142. The van der Waals surface area contributed by atoms with E-state index in [2.05, 4.69) is 4.98 Å². The van der Waals surface area contributed by atoms with Crippen LogP contribution in [0.1, 0.15) is 18.9 Å². The van der Waals surface area contributed by atoms with Gasteiger partial charge in [-0.25, -0.2) is 0 Å². The maximum Gasteiger partial charge on any atom is 0.307 e. The lowest BCUT2D eigenvalue weighted by Crippen LogP contribution is -2.29. The van der Waals surface area contributed by atoms with E-state index >= 15 is 0 Å². The average Bonchev–Trinajstić information content (AvgIpc) is 2.66. The van der Waals surface area contributed by atoms with E-state index in [1.165, 1.54) is 5.56 Å². The molecule has 4 heteroatoms. The highest BCUT2D eigenvalue weighted by molar-refractivity contribution is 5.70. The van der Waals surface area contributed by atoms with Gasteiger partial charge in [-0.3, -0.25) is 4.79 Å². The van der Waals surface area contributed by atoms with Crippen LogP contribution in [0.3, 0.4) is 0 Å². The molecule has 1 aromatic rings. The number of aliphatic carboxylic acids is 1. The van der Waals surface area contributed by atoms with Gasteiger partial charge in [0.15, 0.2) is 0 Å². The second-order valence-corrected chi connectivity index (χ2v) is 3.86. The molecule has 0 saturated heterocycles. The third-order valence-electron chi connectivity index (χ3n) is 2.49. The lowest BCUT2D eigenvalue weighted by Gasteiger charge is -2.19. The molecule has 84 valence electrons. The number of H-pyrrole nitrogens is 1. The van der Waals surface area contributed by atoms with Crippen molar-refractivity contribution in [1.82, 2.24) is 9.88 Å². The molecule has 0 aliphatic rings. The zero-order chi connectivity index (χ0) is 11.3. The number of nitrogens with zero attached hydrogens (tertiary/aromatic N) is 1. The normalized spacial score (nSPS) is 13.0. The summed E-state index contributed by atoms with van der Waals surface area (Å²) in [6.07, 6.45) is 4.47. The summed E-state index contributed by atoms with van der Waals surface area (Å²) in [6, 6.07) is 2.00. The van der Waals surface area contributed by atoms with Gasteiger partial charge in [-0.2, -0.15) is 0 Å². The smallest absolute Gasteiger partial charge is 0.307 e. The highest BCUT2D eigenvalue weighted by Crippen LogP contribution is 2.08. The van der Waals surface area contributed by atoms with Crippen LogP contribution in [-0.2, 0) is 11.3 Å². The fourth-order valence-electron chi connectivity index (χ4n) is 1.59. The molecule has 1 heterocycles. The first-order valence-corrected chi connectivity index (χ1v) is 5.16. The molecule has 0 aromatic carbocycles. The van der Waals surface area contributed by atoms with Crippen LogP contribution in [0.5, 0.6) is 0 Å². The van der Waals surface area contributed by atoms with Crippen molar-refractivity contribution >= 4 is 5.97 Å². The van der Waals surface area contributed by atoms with Crippen molar-refractivity contribution < 1.29 is 9.90 Å². The minimum absolute atomic E-state index is 0.269. The van der Waals surface area contributed by atoms with Crippen molar-refractivity contribution in [2.75, 3.05) is 13.6 Å². The van der Waals surface area contributed by atoms with Crippen molar-refractivity contribution in [2.45, 2.75) is 19.9 Å². The average molecular weight is 210 g/mol. The summed E-state index contributed by atoms with van der Waals surface area (Å²) >= 11 is 0. The molecule has 0 amide bonds. The summed E-state index contributed by atoms with van der Waals surface area (Å²) < 4.78 is 0. The molecule has 0 bridgehead atoms. The van der Waals surface area contributed by atoms with Crippen LogP contribution in [0, 0.1) is 5.92 Å². The summed E-state index contributed by atoms with van der Waals surface area (Å²) in [7, 11) is 1.94. The van der Waals surface area contributed by atoms with E-state index in [-0.39, 0.29) is 5.92 Å². The monoisotopic (exact) mass is 210 g/mol. The van der Waals surface area contributed by atoms with Gasteiger partial charge in [-0.1, -0.05) is 6.92 Å². The van der Waals surface area contributed by atoms with Gasteiger partial charge in [-0.05, 0) is 25.1 Å². The van der Waals surface area contributed by atoms with E-state index < -0.39 is 5.97 Å². The Morgan fingerprint density at radius 1 is 1.67 bits per heavy atom. The molecule has 0 spiro atoms. The van der Waals surface area contributed by atoms with Crippen molar-refractivity contribution in [3.63, 3.8) is 0 Å². The van der Waals surface area contributed by atoms with Gasteiger partial charge in [0.1, 0.15) is 0 Å². The predicted octanol–water partition coefficient (Wildman–Crippen LogP) is 1.56. The SMILES string of the molecule is CCC(CN(C)Cc1cc[nH]c1)C(=O)O. The first-order valence-electron chi connectivity index (χ1n) is 5.16. The molecule has 15 heavy (non-hydrogen) atoms. The van der Waals surface area contributed by atoms with Gasteiger partial charge in [0.25, 0.3) is 0 Å². The molecule has 0 radical (unpaired) electrons. The van der Waals surface area contributed by atoms with Crippen LogP contribution < -0.4 is 0 Å². The Kier molecular flexibility index (Phi) is 4.37. The largest absolute Gasteiger partial charge is 0.481 e. The fourth-order valence-corrected chi connectivity index (χ4v) is 1.59. The summed E-state index contributed by atoms with van der Waals surface area (Å²) in [6.45, 7) is 3.28. The molecule has 0 aliphatic heterocycles. The number of carboxylic acids is 1. The number of carbonyl (C=O) groups is 1. The number of aromatic nitrogens is 1. The van der Waals surface area contributed by atoms with Crippen molar-refractivity contribution in [1.29, 1.82) is 0 Å². The number of carboxylic acid groups (broad SMARTS) is 1. The molecule has 0 aliphatic carbocycles. The van der Waals surface area contributed by atoms with Crippen LogP contribution in [-0.4, -0.2) is 34.6 Å². The van der Waals surface area contributed by atoms with E-state index in [0.29, 0.717) is 13.0 Å².